The van der Waals surface area contributed by atoms with Crippen LogP contribution >= 0.6 is 0 Å². The van der Waals surface area contributed by atoms with Crippen molar-refractivity contribution in [2.45, 2.75) is 44.6 Å². The van der Waals surface area contributed by atoms with E-state index in [2.05, 4.69) is 6.92 Å². The number of aliphatic hydroxyl groups excluding tert-OH is 1. The predicted octanol–water partition coefficient (Wildman–Crippen LogP) is 1.98. The first kappa shape index (κ1) is 12.9. The molecule has 1 heterocycles. The third kappa shape index (κ3) is 4.09. The average Bonchev–Trinajstić information content (AvgIpc) is 2.67. The van der Waals surface area contributed by atoms with E-state index in [9.17, 15) is 5.11 Å². The molecule has 3 heteroatoms. The van der Waals surface area contributed by atoms with Gasteiger partial charge in [0.1, 0.15) is 0 Å². The van der Waals surface area contributed by atoms with Gasteiger partial charge >= 0.3 is 0 Å². The van der Waals surface area contributed by atoms with Gasteiger partial charge in [0.25, 0.3) is 0 Å². The molecule has 0 aromatic carbocycles. The molecule has 1 N–H and O–H groups in total. The van der Waals surface area contributed by atoms with E-state index in [4.69, 9.17) is 9.47 Å². The minimum Gasteiger partial charge on any atom is -0.393 e. The molecule has 3 nitrogen and oxygen atoms in total. The summed E-state index contributed by atoms with van der Waals surface area (Å²) in [5.74, 6) is 0.602. The van der Waals surface area contributed by atoms with Gasteiger partial charge in [-0.25, -0.2) is 0 Å². The average molecular weight is 216 g/mol. The van der Waals surface area contributed by atoms with Crippen molar-refractivity contribution in [1.29, 1.82) is 0 Å². The molecule has 1 aliphatic heterocycles. The van der Waals surface area contributed by atoms with Gasteiger partial charge in [0.2, 0.25) is 0 Å². The van der Waals surface area contributed by atoms with Gasteiger partial charge in [-0.05, 0) is 38.0 Å². The largest absolute Gasteiger partial charge is 0.393 e. The van der Waals surface area contributed by atoms with Crippen molar-refractivity contribution >= 4 is 0 Å². The van der Waals surface area contributed by atoms with Crippen molar-refractivity contribution in [3.63, 3.8) is 0 Å². The van der Waals surface area contributed by atoms with Crippen LogP contribution in [0.5, 0.6) is 0 Å². The van der Waals surface area contributed by atoms with Gasteiger partial charge in [-0.2, -0.15) is 0 Å². The summed E-state index contributed by atoms with van der Waals surface area (Å²) in [6.07, 6.45) is 5.33. The number of hydrogen-bond donors (Lipinski definition) is 1. The zero-order chi connectivity index (χ0) is 11.1. The molecule has 0 unspecified atom stereocenters. The second-order valence-corrected chi connectivity index (χ2v) is 4.74. The van der Waals surface area contributed by atoms with E-state index in [1.165, 1.54) is 0 Å². The lowest BCUT2D eigenvalue weighted by atomic mass is 9.87. The van der Waals surface area contributed by atoms with E-state index in [-0.39, 0.29) is 12.2 Å². The van der Waals surface area contributed by atoms with Crippen LogP contribution < -0.4 is 0 Å². The first-order valence-corrected chi connectivity index (χ1v) is 5.96. The fourth-order valence-electron chi connectivity index (χ4n) is 2.42. The predicted molar refractivity (Wildman–Crippen MR) is 59.9 cm³/mol. The number of methoxy groups -OCH3 is 1. The highest BCUT2D eigenvalue weighted by molar-refractivity contribution is 4.85. The minimum atomic E-state index is -0.230. The fraction of sp³-hybridized carbons (Fsp3) is 1.00. The van der Waals surface area contributed by atoms with Crippen molar-refractivity contribution in [2.24, 2.45) is 5.92 Å². The summed E-state index contributed by atoms with van der Waals surface area (Å²) < 4.78 is 10.7. The zero-order valence-corrected chi connectivity index (χ0v) is 10.00. The molecule has 1 fully saturated rings. The molecule has 0 aromatic heterocycles. The Hall–Kier alpha value is -0.120. The van der Waals surface area contributed by atoms with Crippen LogP contribution in [0.3, 0.4) is 0 Å². The maximum Gasteiger partial charge on any atom is 0.0915 e. The highest BCUT2D eigenvalue weighted by atomic mass is 16.5. The Balaban J connectivity index is 2.25. The van der Waals surface area contributed by atoms with Crippen molar-refractivity contribution in [1.82, 2.24) is 0 Å². The maximum atomic E-state index is 9.39. The Morgan fingerprint density at radius 1 is 1.53 bits per heavy atom. The summed E-state index contributed by atoms with van der Waals surface area (Å²) in [5, 5.41) is 9.39. The zero-order valence-electron chi connectivity index (χ0n) is 10.00. The number of aliphatic hydroxyl groups is 1. The molecule has 2 atom stereocenters. The lowest BCUT2D eigenvalue weighted by Gasteiger charge is -2.29. The third-order valence-corrected chi connectivity index (χ3v) is 3.24. The minimum absolute atomic E-state index is 0.168. The van der Waals surface area contributed by atoms with E-state index in [0.717, 1.165) is 45.3 Å². The van der Waals surface area contributed by atoms with Gasteiger partial charge in [-0.3, -0.25) is 0 Å². The second-order valence-electron chi connectivity index (χ2n) is 4.74. The van der Waals surface area contributed by atoms with Gasteiger partial charge < -0.3 is 14.6 Å². The molecule has 90 valence electrons. The summed E-state index contributed by atoms with van der Waals surface area (Å²) >= 11 is 0. The smallest absolute Gasteiger partial charge is 0.0915 e. The SMILES string of the molecule is COCCC[C@H](C)C[C@@]1(CO)CCCO1. The molecule has 1 rings (SSSR count). The van der Waals surface area contributed by atoms with Crippen molar-refractivity contribution in [3.8, 4) is 0 Å². The van der Waals surface area contributed by atoms with Gasteiger partial charge in [-0.15, -0.1) is 0 Å². The Morgan fingerprint density at radius 3 is 2.87 bits per heavy atom. The van der Waals surface area contributed by atoms with Gasteiger partial charge in [0.15, 0.2) is 0 Å². The maximum absolute atomic E-state index is 9.39. The third-order valence-electron chi connectivity index (χ3n) is 3.24. The van der Waals surface area contributed by atoms with E-state index >= 15 is 0 Å². The summed E-state index contributed by atoms with van der Waals surface area (Å²) in [4.78, 5) is 0. The highest BCUT2D eigenvalue weighted by Gasteiger charge is 2.35. The van der Waals surface area contributed by atoms with E-state index < -0.39 is 0 Å². The quantitative estimate of drug-likeness (QED) is 0.661. The Bertz CT molecular complexity index is 164. The molecule has 0 bridgehead atoms. The lowest BCUT2D eigenvalue weighted by molar-refractivity contribution is -0.0537. The molecular weight excluding hydrogens is 192 g/mol. The Kier molecular flexibility index (Phi) is 5.58. The molecule has 0 spiro atoms. The van der Waals surface area contributed by atoms with E-state index in [0.29, 0.717) is 5.92 Å². The van der Waals surface area contributed by atoms with Crippen LogP contribution in [0.2, 0.25) is 0 Å². The van der Waals surface area contributed by atoms with Crippen molar-refractivity contribution < 1.29 is 14.6 Å². The fourth-order valence-corrected chi connectivity index (χ4v) is 2.42. The second kappa shape index (κ2) is 6.46. The first-order chi connectivity index (χ1) is 7.22. The van der Waals surface area contributed by atoms with Crippen LogP contribution in [-0.2, 0) is 9.47 Å². The van der Waals surface area contributed by atoms with Crippen LogP contribution in [-0.4, -0.2) is 37.6 Å². The molecular formula is C12H24O3. The number of hydrogen-bond acceptors (Lipinski definition) is 3. The molecule has 0 radical (unpaired) electrons. The first-order valence-electron chi connectivity index (χ1n) is 5.96. The molecule has 15 heavy (non-hydrogen) atoms. The van der Waals surface area contributed by atoms with E-state index in [1.54, 1.807) is 7.11 Å². The summed E-state index contributed by atoms with van der Waals surface area (Å²) in [5.41, 5.74) is -0.230. The van der Waals surface area contributed by atoms with E-state index in [1.807, 2.05) is 0 Å². The van der Waals surface area contributed by atoms with Gasteiger partial charge in [0, 0.05) is 20.3 Å². The number of ether oxygens (including phenoxy) is 2. The van der Waals surface area contributed by atoms with Crippen LogP contribution in [0.4, 0.5) is 0 Å². The van der Waals surface area contributed by atoms with Gasteiger partial charge in [0.05, 0.1) is 12.2 Å². The molecule has 0 amide bonds. The molecule has 0 aromatic rings. The summed E-state index contributed by atoms with van der Waals surface area (Å²) in [6, 6.07) is 0. The number of rotatable bonds is 7. The molecule has 0 saturated carbocycles. The Morgan fingerprint density at radius 2 is 2.33 bits per heavy atom. The van der Waals surface area contributed by atoms with Crippen molar-refractivity contribution in [3.05, 3.63) is 0 Å². The molecule has 1 saturated heterocycles. The molecule has 0 aliphatic carbocycles. The summed E-state index contributed by atoms with van der Waals surface area (Å²) in [6.45, 7) is 4.04. The topological polar surface area (TPSA) is 38.7 Å². The van der Waals surface area contributed by atoms with Crippen LogP contribution in [0.15, 0.2) is 0 Å². The lowest BCUT2D eigenvalue weighted by Crippen LogP contribution is -2.34. The van der Waals surface area contributed by atoms with Crippen LogP contribution in [0, 0.1) is 5.92 Å². The Labute approximate surface area is 92.8 Å². The normalized spacial score (nSPS) is 28.2. The van der Waals surface area contributed by atoms with Crippen LogP contribution in [0.1, 0.15) is 39.0 Å². The summed E-state index contributed by atoms with van der Waals surface area (Å²) in [7, 11) is 1.74. The standard InChI is InChI=1S/C12H24O3/c1-11(5-3-7-14-2)9-12(10-13)6-4-8-15-12/h11,13H,3-10H2,1-2H3/t11-,12+/m0/s1. The monoisotopic (exact) mass is 216 g/mol. The van der Waals surface area contributed by atoms with Crippen LogP contribution in [0.25, 0.3) is 0 Å². The van der Waals surface area contributed by atoms with Crippen molar-refractivity contribution in [2.75, 3.05) is 26.9 Å². The highest BCUT2D eigenvalue weighted by Crippen LogP contribution is 2.32. The van der Waals surface area contributed by atoms with Gasteiger partial charge in [-0.1, -0.05) is 6.92 Å². The molecule has 1 aliphatic rings.